The van der Waals surface area contributed by atoms with Gasteiger partial charge in [-0.3, -0.25) is 0 Å². The molecular formula is C21H25N5O. The molecule has 1 aliphatic heterocycles. The zero-order valence-electron chi connectivity index (χ0n) is 15.8. The highest BCUT2D eigenvalue weighted by molar-refractivity contribution is 5.36. The van der Waals surface area contributed by atoms with Gasteiger partial charge in [-0.25, -0.2) is 4.68 Å². The molecule has 0 spiro atoms. The number of hydrogen-bond acceptors (Lipinski definition) is 5. The van der Waals surface area contributed by atoms with Gasteiger partial charge in [0.15, 0.2) is 5.82 Å². The van der Waals surface area contributed by atoms with E-state index in [0.717, 1.165) is 37.5 Å². The van der Waals surface area contributed by atoms with E-state index in [1.165, 1.54) is 11.1 Å². The second-order valence-corrected chi connectivity index (χ2v) is 7.16. The number of aryl methyl sites for hydroxylation is 2. The van der Waals surface area contributed by atoms with Crippen molar-refractivity contribution in [3.8, 4) is 5.82 Å². The summed E-state index contributed by atoms with van der Waals surface area (Å²) in [5.41, 5.74) is 3.48. The van der Waals surface area contributed by atoms with Crippen molar-refractivity contribution in [1.29, 1.82) is 0 Å². The molecule has 3 aromatic rings. The Kier molecular flexibility index (Phi) is 5.16. The second kappa shape index (κ2) is 7.88. The standard InChI is InChI=1S/C21H25N5O/c1-15-5-7-17(8-6-15)21-18(4-3-13-27-21)14-22-19-9-10-20(24-23-19)26-12-11-16(2)25-26/h5-12,18,21H,3-4,13-14H2,1-2H3,(H,22,23). The number of nitrogens with one attached hydrogen (secondary N) is 1. The Balaban J connectivity index is 1.41. The molecule has 3 heterocycles. The average Bonchev–Trinajstić information content (AvgIpc) is 3.14. The first-order valence-corrected chi connectivity index (χ1v) is 9.47. The molecule has 1 fully saturated rings. The monoisotopic (exact) mass is 363 g/mol. The van der Waals surface area contributed by atoms with Crippen LogP contribution in [-0.2, 0) is 4.74 Å². The lowest BCUT2D eigenvalue weighted by Gasteiger charge is -2.32. The smallest absolute Gasteiger partial charge is 0.175 e. The van der Waals surface area contributed by atoms with Crippen molar-refractivity contribution in [2.45, 2.75) is 32.8 Å². The highest BCUT2D eigenvalue weighted by Crippen LogP contribution is 2.33. The number of anilines is 1. The van der Waals surface area contributed by atoms with E-state index in [0.29, 0.717) is 11.7 Å². The summed E-state index contributed by atoms with van der Waals surface area (Å²) in [6.45, 7) is 5.70. The molecule has 1 aromatic carbocycles. The third-order valence-electron chi connectivity index (χ3n) is 5.00. The predicted molar refractivity (Wildman–Crippen MR) is 105 cm³/mol. The van der Waals surface area contributed by atoms with Crippen LogP contribution in [0, 0.1) is 19.8 Å². The maximum Gasteiger partial charge on any atom is 0.175 e. The molecule has 6 nitrogen and oxygen atoms in total. The molecule has 0 radical (unpaired) electrons. The van der Waals surface area contributed by atoms with Crippen LogP contribution in [0.2, 0.25) is 0 Å². The minimum Gasteiger partial charge on any atom is -0.373 e. The van der Waals surface area contributed by atoms with Crippen LogP contribution in [-0.4, -0.2) is 33.1 Å². The van der Waals surface area contributed by atoms with E-state index >= 15 is 0 Å². The predicted octanol–water partition coefficient (Wildman–Crippen LogP) is 3.86. The molecule has 2 unspecified atom stereocenters. The van der Waals surface area contributed by atoms with Crippen LogP contribution in [0.3, 0.4) is 0 Å². The fourth-order valence-corrected chi connectivity index (χ4v) is 3.50. The summed E-state index contributed by atoms with van der Waals surface area (Å²) in [5, 5.41) is 16.3. The lowest BCUT2D eigenvalue weighted by atomic mass is 9.89. The summed E-state index contributed by atoms with van der Waals surface area (Å²) in [6.07, 6.45) is 4.26. The van der Waals surface area contributed by atoms with Crippen LogP contribution in [0.1, 0.15) is 35.8 Å². The molecule has 4 rings (SSSR count). The number of nitrogens with zero attached hydrogens (tertiary/aromatic N) is 4. The van der Waals surface area contributed by atoms with E-state index in [9.17, 15) is 0 Å². The fourth-order valence-electron chi connectivity index (χ4n) is 3.50. The zero-order valence-corrected chi connectivity index (χ0v) is 15.8. The molecule has 6 heteroatoms. The maximum absolute atomic E-state index is 6.10. The summed E-state index contributed by atoms with van der Waals surface area (Å²) in [4.78, 5) is 0. The minimum absolute atomic E-state index is 0.131. The van der Waals surface area contributed by atoms with E-state index in [4.69, 9.17) is 4.74 Å². The summed E-state index contributed by atoms with van der Waals surface area (Å²) < 4.78 is 7.83. The first kappa shape index (κ1) is 17.7. The number of hydrogen-bond donors (Lipinski definition) is 1. The Bertz CT molecular complexity index is 872. The molecule has 2 aromatic heterocycles. The van der Waals surface area contributed by atoms with Crippen LogP contribution in [0.5, 0.6) is 0 Å². The number of aromatic nitrogens is 4. The number of ether oxygens (including phenoxy) is 1. The van der Waals surface area contributed by atoms with Crippen molar-refractivity contribution in [2.75, 3.05) is 18.5 Å². The van der Waals surface area contributed by atoms with Gasteiger partial charge in [-0.05, 0) is 50.5 Å². The molecule has 0 amide bonds. The van der Waals surface area contributed by atoms with Crippen LogP contribution in [0.25, 0.3) is 5.82 Å². The van der Waals surface area contributed by atoms with Crippen LogP contribution < -0.4 is 5.32 Å². The van der Waals surface area contributed by atoms with Crippen molar-refractivity contribution < 1.29 is 4.74 Å². The third-order valence-corrected chi connectivity index (χ3v) is 5.00. The summed E-state index contributed by atoms with van der Waals surface area (Å²) >= 11 is 0. The summed E-state index contributed by atoms with van der Waals surface area (Å²) in [6, 6.07) is 14.5. The van der Waals surface area contributed by atoms with Gasteiger partial charge in [0.25, 0.3) is 0 Å². The van der Waals surface area contributed by atoms with Crippen molar-refractivity contribution in [3.05, 3.63) is 65.5 Å². The SMILES string of the molecule is Cc1ccc(C2OCCCC2CNc2ccc(-n3ccc(C)n3)nn2)cc1. The maximum atomic E-state index is 6.10. The van der Waals surface area contributed by atoms with Crippen molar-refractivity contribution in [3.63, 3.8) is 0 Å². The Morgan fingerprint density at radius 3 is 2.63 bits per heavy atom. The normalized spacial score (nSPS) is 19.8. The topological polar surface area (TPSA) is 64.9 Å². The van der Waals surface area contributed by atoms with Gasteiger partial charge < -0.3 is 10.1 Å². The molecule has 1 N–H and O–H groups in total. The zero-order chi connectivity index (χ0) is 18.6. The van der Waals surface area contributed by atoms with Crippen molar-refractivity contribution in [2.24, 2.45) is 5.92 Å². The van der Waals surface area contributed by atoms with Gasteiger partial charge in [0.2, 0.25) is 0 Å². The highest BCUT2D eigenvalue weighted by atomic mass is 16.5. The van der Waals surface area contributed by atoms with Crippen molar-refractivity contribution >= 4 is 5.82 Å². The molecule has 0 saturated carbocycles. The molecule has 1 saturated heterocycles. The second-order valence-electron chi connectivity index (χ2n) is 7.16. The quantitative estimate of drug-likeness (QED) is 0.746. The van der Waals surface area contributed by atoms with E-state index in [1.54, 1.807) is 4.68 Å². The van der Waals surface area contributed by atoms with Gasteiger partial charge in [0.05, 0.1) is 11.8 Å². The summed E-state index contributed by atoms with van der Waals surface area (Å²) in [5.74, 6) is 1.90. The summed E-state index contributed by atoms with van der Waals surface area (Å²) in [7, 11) is 0. The van der Waals surface area contributed by atoms with E-state index < -0.39 is 0 Å². The Labute approximate surface area is 159 Å². The average molecular weight is 363 g/mol. The number of rotatable bonds is 5. The van der Waals surface area contributed by atoms with Crippen LogP contribution >= 0.6 is 0 Å². The first-order chi connectivity index (χ1) is 13.2. The number of benzene rings is 1. The van der Waals surface area contributed by atoms with Crippen molar-refractivity contribution in [1.82, 2.24) is 20.0 Å². The Morgan fingerprint density at radius 2 is 1.93 bits per heavy atom. The minimum atomic E-state index is 0.131. The Hall–Kier alpha value is -2.73. The molecule has 140 valence electrons. The van der Waals surface area contributed by atoms with E-state index in [1.807, 2.05) is 31.3 Å². The van der Waals surface area contributed by atoms with Gasteiger partial charge in [0.1, 0.15) is 5.82 Å². The van der Waals surface area contributed by atoms with E-state index in [2.05, 4.69) is 51.8 Å². The van der Waals surface area contributed by atoms with Gasteiger partial charge in [-0.1, -0.05) is 29.8 Å². The highest BCUT2D eigenvalue weighted by Gasteiger charge is 2.27. The molecule has 27 heavy (non-hydrogen) atoms. The van der Waals surface area contributed by atoms with Crippen LogP contribution in [0.15, 0.2) is 48.7 Å². The van der Waals surface area contributed by atoms with E-state index in [-0.39, 0.29) is 6.10 Å². The van der Waals surface area contributed by atoms with Gasteiger partial charge in [0, 0.05) is 25.3 Å². The first-order valence-electron chi connectivity index (χ1n) is 9.47. The van der Waals surface area contributed by atoms with Gasteiger partial charge in [-0.2, -0.15) is 5.10 Å². The van der Waals surface area contributed by atoms with Gasteiger partial charge >= 0.3 is 0 Å². The Morgan fingerprint density at radius 1 is 1.07 bits per heavy atom. The molecule has 0 bridgehead atoms. The fraction of sp³-hybridized carbons (Fsp3) is 0.381. The van der Waals surface area contributed by atoms with Crippen LogP contribution in [0.4, 0.5) is 5.82 Å². The lowest BCUT2D eigenvalue weighted by Crippen LogP contribution is -2.28. The van der Waals surface area contributed by atoms with Gasteiger partial charge in [-0.15, -0.1) is 10.2 Å². The molecule has 2 atom stereocenters. The lowest BCUT2D eigenvalue weighted by molar-refractivity contribution is -0.0238. The largest absolute Gasteiger partial charge is 0.373 e. The third kappa shape index (κ3) is 4.17. The molecular weight excluding hydrogens is 338 g/mol. The molecule has 0 aliphatic carbocycles. The molecule has 1 aliphatic rings.